The molecule has 1 aliphatic rings. The highest BCUT2D eigenvalue weighted by molar-refractivity contribution is 5.67. The lowest BCUT2D eigenvalue weighted by Gasteiger charge is -2.30. The Morgan fingerprint density at radius 3 is 2.95 bits per heavy atom. The first-order valence-electron chi connectivity index (χ1n) is 7.78. The smallest absolute Gasteiger partial charge is 0.180 e. The van der Waals surface area contributed by atoms with Crippen LogP contribution in [0.4, 0.5) is 11.6 Å². The number of rotatable bonds is 6. The molecule has 114 valence electrons. The second-order valence-electron chi connectivity index (χ2n) is 5.49. The van der Waals surface area contributed by atoms with Gasteiger partial charge in [-0.2, -0.15) is 0 Å². The van der Waals surface area contributed by atoms with Gasteiger partial charge in [0.25, 0.3) is 0 Å². The topological polar surface area (TPSA) is 65.7 Å². The van der Waals surface area contributed by atoms with Crippen molar-refractivity contribution in [1.82, 2.24) is 14.4 Å². The van der Waals surface area contributed by atoms with Crippen LogP contribution in [0.2, 0.25) is 0 Å². The zero-order valence-corrected chi connectivity index (χ0v) is 12.5. The molecule has 0 amide bonds. The molecule has 0 saturated heterocycles. The van der Waals surface area contributed by atoms with Gasteiger partial charge in [-0.25, -0.2) is 9.97 Å². The molecule has 0 spiro atoms. The van der Waals surface area contributed by atoms with Crippen LogP contribution in [-0.4, -0.2) is 45.2 Å². The van der Waals surface area contributed by atoms with Gasteiger partial charge in [0.1, 0.15) is 5.82 Å². The third kappa shape index (κ3) is 2.81. The van der Waals surface area contributed by atoms with Crippen molar-refractivity contribution in [3.63, 3.8) is 0 Å². The zero-order chi connectivity index (χ0) is 14.7. The van der Waals surface area contributed by atoms with Crippen molar-refractivity contribution < 1.29 is 5.11 Å². The van der Waals surface area contributed by atoms with Gasteiger partial charge in [0.05, 0.1) is 12.8 Å². The van der Waals surface area contributed by atoms with E-state index in [0.717, 1.165) is 23.8 Å². The van der Waals surface area contributed by atoms with Crippen LogP contribution < -0.4 is 10.2 Å². The van der Waals surface area contributed by atoms with Gasteiger partial charge in [0.2, 0.25) is 0 Å². The maximum atomic E-state index is 9.44. The molecule has 1 aliphatic carbocycles. The highest BCUT2D eigenvalue weighted by Crippen LogP contribution is 2.29. The van der Waals surface area contributed by atoms with Gasteiger partial charge >= 0.3 is 0 Å². The maximum absolute atomic E-state index is 9.44. The highest BCUT2D eigenvalue weighted by atomic mass is 16.3. The molecule has 2 N–H and O–H groups in total. The van der Waals surface area contributed by atoms with Crippen molar-refractivity contribution >= 4 is 17.3 Å². The normalized spacial score (nSPS) is 15.7. The van der Waals surface area contributed by atoms with Crippen LogP contribution in [-0.2, 0) is 0 Å². The van der Waals surface area contributed by atoms with E-state index in [1.807, 2.05) is 16.8 Å². The first-order valence-corrected chi connectivity index (χ1v) is 7.78. The number of imidazole rings is 1. The van der Waals surface area contributed by atoms with Crippen LogP contribution >= 0.6 is 0 Å². The minimum Gasteiger partial charge on any atom is -0.395 e. The summed E-state index contributed by atoms with van der Waals surface area (Å²) in [5.41, 5.74) is 0.858. The summed E-state index contributed by atoms with van der Waals surface area (Å²) in [6.45, 7) is 3.63. The van der Waals surface area contributed by atoms with Gasteiger partial charge < -0.3 is 19.7 Å². The summed E-state index contributed by atoms with van der Waals surface area (Å²) in [5.74, 6) is 1.72. The average molecular weight is 289 g/mol. The Hall–Kier alpha value is -1.82. The zero-order valence-electron chi connectivity index (χ0n) is 12.5. The molecule has 2 aromatic rings. The van der Waals surface area contributed by atoms with E-state index >= 15 is 0 Å². The number of anilines is 2. The van der Waals surface area contributed by atoms with Gasteiger partial charge in [0, 0.05) is 31.5 Å². The predicted octanol–water partition coefficient (Wildman–Crippen LogP) is 1.90. The van der Waals surface area contributed by atoms with Gasteiger partial charge in [0.15, 0.2) is 11.5 Å². The van der Waals surface area contributed by atoms with Crippen LogP contribution in [0.5, 0.6) is 0 Å². The van der Waals surface area contributed by atoms with Crippen molar-refractivity contribution in [3.05, 3.63) is 18.6 Å². The Morgan fingerprint density at radius 2 is 2.24 bits per heavy atom. The largest absolute Gasteiger partial charge is 0.395 e. The molecule has 21 heavy (non-hydrogen) atoms. The highest BCUT2D eigenvalue weighted by Gasteiger charge is 2.25. The fraction of sp³-hybridized carbons (Fsp3) is 0.600. The standard InChI is InChI=1S/C15H23N5O/c1-2-16-13-11-19-8-7-17-14(19)15(18-13)20(9-10-21)12-5-3-4-6-12/h7-8,11-12,16,21H,2-6,9-10H2,1H3. The first kappa shape index (κ1) is 14.1. The lowest BCUT2D eigenvalue weighted by molar-refractivity contribution is 0.297. The third-order valence-electron chi connectivity index (χ3n) is 4.09. The Bertz CT molecular complexity index is 591. The maximum Gasteiger partial charge on any atom is 0.180 e. The minimum atomic E-state index is 0.135. The van der Waals surface area contributed by atoms with Gasteiger partial charge in [-0.15, -0.1) is 0 Å². The van der Waals surface area contributed by atoms with Crippen LogP contribution in [0, 0.1) is 0 Å². The van der Waals surface area contributed by atoms with Gasteiger partial charge in [-0.3, -0.25) is 0 Å². The van der Waals surface area contributed by atoms with Crippen LogP contribution in [0.15, 0.2) is 18.6 Å². The molecule has 3 rings (SSSR count). The van der Waals surface area contributed by atoms with E-state index in [1.165, 1.54) is 25.7 Å². The van der Waals surface area contributed by atoms with Crippen LogP contribution in [0.25, 0.3) is 5.65 Å². The SMILES string of the molecule is CCNc1cn2ccnc2c(N(CCO)C2CCCC2)n1. The molecule has 2 heterocycles. The average Bonchev–Trinajstić information content (AvgIpc) is 3.15. The number of nitrogens with zero attached hydrogens (tertiary/aromatic N) is 4. The minimum absolute atomic E-state index is 0.135. The quantitative estimate of drug-likeness (QED) is 0.850. The predicted molar refractivity (Wildman–Crippen MR) is 83.8 cm³/mol. The molecule has 0 aromatic carbocycles. The van der Waals surface area contributed by atoms with Crippen LogP contribution in [0.1, 0.15) is 32.6 Å². The number of hydrogen-bond donors (Lipinski definition) is 2. The van der Waals surface area contributed by atoms with E-state index in [9.17, 15) is 5.11 Å². The van der Waals surface area contributed by atoms with Crippen molar-refractivity contribution in [1.29, 1.82) is 0 Å². The fourth-order valence-electron chi connectivity index (χ4n) is 3.16. The molecule has 2 aromatic heterocycles. The van der Waals surface area contributed by atoms with Crippen molar-refractivity contribution in [2.45, 2.75) is 38.6 Å². The van der Waals surface area contributed by atoms with Crippen molar-refractivity contribution in [2.75, 3.05) is 29.9 Å². The van der Waals surface area contributed by atoms with Crippen LogP contribution in [0.3, 0.4) is 0 Å². The summed E-state index contributed by atoms with van der Waals surface area (Å²) < 4.78 is 2.00. The monoisotopic (exact) mass is 289 g/mol. The summed E-state index contributed by atoms with van der Waals surface area (Å²) in [6, 6.07) is 0.460. The summed E-state index contributed by atoms with van der Waals surface area (Å²) in [6.07, 6.45) is 10.5. The van der Waals surface area contributed by atoms with E-state index in [4.69, 9.17) is 4.98 Å². The van der Waals surface area contributed by atoms with E-state index < -0.39 is 0 Å². The molecular weight excluding hydrogens is 266 g/mol. The van der Waals surface area contributed by atoms with Crippen molar-refractivity contribution in [3.8, 4) is 0 Å². The molecule has 0 bridgehead atoms. The molecule has 0 radical (unpaired) electrons. The second kappa shape index (κ2) is 6.30. The van der Waals surface area contributed by atoms with E-state index in [0.29, 0.717) is 12.6 Å². The lowest BCUT2D eigenvalue weighted by Crippen LogP contribution is -2.36. The van der Waals surface area contributed by atoms with Gasteiger partial charge in [-0.05, 0) is 19.8 Å². The lowest BCUT2D eigenvalue weighted by atomic mass is 10.2. The number of aliphatic hydroxyl groups excluding tert-OH is 1. The van der Waals surface area contributed by atoms with E-state index in [1.54, 1.807) is 6.20 Å². The second-order valence-corrected chi connectivity index (χ2v) is 5.49. The molecule has 6 heteroatoms. The molecule has 6 nitrogen and oxygen atoms in total. The molecule has 0 unspecified atom stereocenters. The number of aromatic nitrogens is 3. The number of nitrogens with one attached hydrogen (secondary N) is 1. The van der Waals surface area contributed by atoms with E-state index in [2.05, 4.69) is 22.1 Å². The molecule has 1 saturated carbocycles. The Balaban J connectivity index is 2.03. The first-order chi connectivity index (χ1) is 10.3. The third-order valence-corrected chi connectivity index (χ3v) is 4.09. The number of fused-ring (bicyclic) bond motifs is 1. The summed E-state index contributed by atoms with van der Waals surface area (Å²) in [7, 11) is 0. The number of aliphatic hydroxyl groups is 1. The number of hydrogen-bond acceptors (Lipinski definition) is 5. The Kier molecular flexibility index (Phi) is 4.24. The van der Waals surface area contributed by atoms with E-state index in [-0.39, 0.29) is 6.61 Å². The molecular formula is C15H23N5O. The van der Waals surface area contributed by atoms with Crippen molar-refractivity contribution in [2.24, 2.45) is 0 Å². The summed E-state index contributed by atoms with van der Waals surface area (Å²) >= 11 is 0. The Morgan fingerprint density at radius 1 is 1.43 bits per heavy atom. The summed E-state index contributed by atoms with van der Waals surface area (Å²) in [5, 5.41) is 12.7. The Labute approximate surface area is 124 Å². The molecule has 0 atom stereocenters. The summed E-state index contributed by atoms with van der Waals surface area (Å²) in [4.78, 5) is 11.4. The molecule has 1 fully saturated rings. The van der Waals surface area contributed by atoms with Gasteiger partial charge in [-0.1, -0.05) is 12.8 Å². The fourth-order valence-corrected chi connectivity index (χ4v) is 3.16. The molecule has 0 aliphatic heterocycles.